The Morgan fingerprint density at radius 2 is 1.92 bits per heavy atom. The fraction of sp³-hybridized carbons (Fsp3) is 0.550. The summed E-state index contributed by atoms with van der Waals surface area (Å²) in [7, 11) is 0. The van der Waals surface area contributed by atoms with E-state index in [0.717, 1.165) is 32.4 Å². The van der Waals surface area contributed by atoms with Crippen molar-refractivity contribution in [1.29, 1.82) is 0 Å². The first-order valence-corrected chi connectivity index (χ1v) is 9.10. The van der Waals surface area contributed by atoms with Gasteiger partial charge in [-0.3, -0.25) is 0 Å². The van der Waals surface area contributed by atoms with E-state index < -0.39 is 0 Å². The van der Waals surface area contributed by atoms with Gasteiger partial charge in [0.15, 0.2) is 0 Å². The lowest BCUT2D eigenvalue weighted by Crippen LogP contribution is -2.38. The first-order valence-electron chi connectivity index (χ1n) is 9.10. The topological polar surface area (TPSA) is 38.8 Å². The molecule has 1 aromatic rings. The van der Waals surface area contributed by atoms with Crippen LogP contribution in [0.5, 0.6) is 0 Å². The van der Waals surface area contributed by atoms with E-state index in [1.807, 2.05) is 31.2 Å². The van der Waals surface area contributed by atoms with Gasteiger partial charge in [-0.05, 0) is 63.3 Å². The molecule has 1 saturated heterocycles. The van der Waals surface area contributed by atoms with Crippen molar-refractivity contribution in [3.63, 3.8) is 0 Å². The number of carbonyl (C=O) groups is 1. The molecule has 1 aliphatic heterocycles. The molecule has 4 heteroatoms. The second kappa shape index (κ2) is 8.34. The van der Waals surface area contributed by atoms with Crippen LogP contribution in [-0.4, -0.2) is 37.9 Å². The Labute approximate surface area is 144 Å². The fourth-order valence-corrected chi connectivity index (χ4v) is 3.41. The largest absolute Gasteiger partial charge is 0.462 e. The van der Waals surface area contributed by atoms with E-state index in [9.17, 15) is 4.79 Å². The summed E-state index contributed by atoms with van der Waals surface area (Å²) in [6.45, 7) is 4.23. The van der Waals surface area contributed by atoms with E-state index in [1.54, 1.807) is 0 Å². The molecular formula is C20H27NO3. The summed E-state index contributed by atoms with van der Waals surface area (Å²) in [5, 5.41) is 0. The number of anilines is 1. The van der Waals surface area contributed by atoms with Gasteiger partial charge < -0.3 is 14.4 Å². The number of benzene rings is 1. The van der Waals surface area contributed by atoms with Gasteiger partial charge in [-0.1, -0.05) is 12.2 Å². The van der Waals surface area contributed by atoms with Gasteiger partial charge in [-0.25, -0.2) is 4.79 Å². The Balaban J connectivity index is 1.50. The molecule has 130 valence electrons. The molecule has 0 aromatic heterocycles. The summed E-state index contributed by atoms with van der Waals surface area (Å²) in [6.07, 6.45) is 10.9. The average molecular weight is 329 g/mol. The number of esters is 1. The molecule has 0 bridgehead atoms. The van der Waals surface area contributed by atoms with Crippen LogP contribution in [-0.2, 0) is 9.47 Å². The van der Waals surface area contributed by atoms with Crippen LogP contribution in [0.15, 0.2) is 36.4 Å². The highest BCUT2D eigenvalue weighted by Gasteiger charge is 2.23. The monoisotopic (exact) mass is 329 g/mol. The molecule has 1 heterocycles. The summed E-state index contributed by atoms with van der Waals surface area (Å²) >= 11 is 0. The summed E-state index contributed by atoms with van der Waals surface area (Å²) in [5.74, 6) is -0.253. The number of ether oxygens (including phenoxy) is 2. The van der Waals surface area contributed by atoms with E-state index in [1.165, 1.54) is 18.5 Å². The molecule has 1 aliphatic carbocycles. The van der Waals surface area contributed by atoms with E-state index in [0.29, 0.717) is 24.4 Å². The average Bonchev–Trinajstić information content (AvgIpc) is 2.64. The molecule has 0 radical (unpaired) electrons. The van der Waals surface area contributed by atoms with Gasteiger partial charge in [0.2, 0.25) is 0 Å². The zero-order chi connectivity index (χ0) is 16.8. The van der Waals surface area contributed by atoms with Gasteiger partial charge in [-0.2, -0.15) is 0 Å². The molecule has 1 atom stereocenters. The van der Waals surface area contributed by atoms with Gasteiger partial charge in [-0.15, -0.1) is 0 Å². The van der Waals surface area contributed by atoms with Crippen molar-refractivity contribution in [2.75, 3.05) is 24.6 Å². The first kappa shape index (κ1) is 17.0. The van der Waals surface area contributed by atoms with E-state index >= 15 is 0 Å². The maximum Gasteiger partial charge on any atom is 0.338 e. The van der Waals surface area contributed by atoms with Gasteiger partial charge in [0.05, 0.1) is 24.4 Å². The third-order valence-corrected chi connectivity index (χ3v) is 4.76. The molecule has 1 aromatic carbocycles. The lowest BCUT2D eigenvalue weighted by molar-refractivity contribution is -0.00597. The third-order valence-electron chi connectivity index (χ3n) is 4.76. The van der Waals surface area contributed by atoms with Gasteiger partial charge in [0, 0.05) is 18.8 Å². The van der Waals surface area contributed by atoms with Crippen molar-refractivity contribution >= 4 is 11.7 Å². The van der Waals surface area contributed by atoms with Crippen molar-refractivity contribution in [2.45, 2.75) is 51.2 Å². The Morgan fingerprint density at radius 1 is 1.17 bits per heavy atom. The second-order valence-corrected chi connectivity index (χ2v) is 6.49. The normalized spacial score (nSPS) is 21.7. The SMILES string of the molecule is CCOC(=O)c1ccc(N2CCC(OC3C=CCCC3)CC2)cc1. The smallest absolute Gasteiger partial charge is 0.338 e. The van der Waals surface area contributed by atoms with Crippen LogP contribution in [0.4, 0.5) is 5.69 Å². The number of rotatable bonds is 5. The van der Waals surface area contributed by atoms with E-state index in [4.69, 9.17) is 9.47 Å². The summed E-state index contributed by atoms with van der Waals surface area (Å²) in [5.41, 5.74) is 1.78. The Kier molecular flexibility index (Phi) is 5.91. The molecule has 24 heavy (non-hydrogen) atoms. The molecule has 2 aliphatic rings. The molecule has 3 rings (SSSR count). The number of nitrogens with zero attached hydrogens (tertiary/aromatic N) is 1. The van der Waals surface area contributed by atoms with Gasteiger partial charge >= 0.3 is 5.97 Å². The van der Waals surface area contributed by atoms with Crippen molar-refractivity contribution in [1.82, 2.24) is 0 Å². The molecule has 0 spiro atoms. The Morgan fingerprint density at radius 3 is 2.54 bits per heavy atom. The molecule has 1 fully saturated rings. The molecule has 1 unspecified atom stereocenters. The molecular weight excluding hydrogens is 302 g/mol. The Bertz CT molecular complexity index is 559. The number of allylic oxidation sites excluding steroid dienone is 1. The van der Waals surface area contributed by atoms with Gasteiger partial charge in [0.1, 0.15) is 0 Å². The summed E-state index contributed by atoms with van der Waals surface area (Å²) < 4.78 is 11.2. The third kappa shape index (κ3) is 4.38. The lowest BCUT2D eigenvalue weighted by Gasteiger charge is -2.35. The number of piperidine rings is 1. The number of hydrogen-bond acceptors (Lipinski definition) is 4. The van der Waals surface area contributed by atoms with Crippen LogP contribution >= 0.6 is 0 Å². The van der Waals surface area contributed by atoms with Crippen LogP contribution in [0.2, 0.25) is 0 Å². The highest BCUT2D eigenvalue weighted by molar-refractivity contribution is 5.89. The standard InChI is InChI=1S/C20H27NO3/c1-2-23-20(22)16-8-10-17(11-9-16)21-14-12-19(13-15-21)24-18-6-4-3-5-7-18/h4,6,8-11,18-19H,2-3,5,7,12-15H2,1H3. The van der Waals surface area contributed by atoms with E-state index in [2.05, 4.69) is 17.1 Å². The van der Waals surface area contributed by atoms with Crippen molar-refractivity contribution in [3.05, 3.63) is 42.0 Å². The molecule has 4 nitrogen and oxygen atoms in total. The van der Waals surface area contributed by atoms with Crippen LogP contribution in [0.25, 0.3) is 0 Å². The Hall–Kier alpha value is -1.81. The zero-order valence-corrected chi connectivity index (χ0v) is 14.4. The maximum absolute atomic E-state index is 11.7. The molecule has 0 amide bonds. The van der Waals surface area contributed by atoms with Crippen LogP contribution < -0.4 is 4.90 Å². The van der Waals surface area contributed by atoms with Crippen LogP contribution in [0, 0.1) is 0 Å². The highest BCUT2D eigenvalue weighted by atomic mass is 16.5. The maximum atomic E-state index is 11.7. The molecule has 0 N–H and O–H groups in total. The van der Waals surface area contributed by atoms with Crippen LogP contribution in [0.1, 0.15) is 49.4 Å². The predicted octanol–water partition coefficient (Wildman–Crippen LogP) is 3.96. The minimum atomic E-state index is -0.253. The summed E-state index contributed by atoms with van der Waals surface area (Å²) in [6, 6.07) is 7.72. The van der Waals surface area contributed by atoms with Crippen molar-refractivity contribution in [2.24, 2.45) is 0 Å². The minimum absolute atomic E-state index is 0.253. The van der Waals surface area contributed by atoms with Crippen molar-refractivity contribution in [3.8, 4) is 0 Å². The second-order valence-electron chi connectivity index (χ2n) is 6.49. The summed E-state index contributed by atoms with van der Waals surface area (Å²) in [4.78, 5) is 14.1. The number of hydrogen-bond donors (Lipinski definition) is 0. The lowest BCUT2D eigenvalue weighted by atomic mass is 10.0. The minimum Gasteiger partial charge on any atom is -0.462 e. The van der Waals surface area contributed by atoms with E-state index in [-0.39, 0.29) is 5.97 Å². The predicted molar refractivity (Wildman–Crippen MR) is 95.5 cm³/mol. The zero-order valence-electron chi connectivity index (χ0n) is 14.4. The van der Waals surface area contributed by atoms with Crippen molar-refractivity contribution < 1.29 is 14.3 Å². The number of carbonyl (C=O) groups excluding carboxylic acids is 1. The van der Waals surface area contributed by atoms with Crippen LogP contribution in [0.3, 0.4) is 0 Å². The quantitative estimate of drug-likeness (QED) is 0.605. The molecule has 0 saturated carbocycles. The highest BCUT2D eigenvalue weighted by Crippen LogP contribution is 2.24. The fourth-order valence-electron chi connectivity index (χ4n) is 3.41. The first-order chi connectivity index (χ1) is 11.8. The van der Waals surface area contributed by atoms with Gasteiger partial charge in [0.25, 0.3) is 0 Å².